The Hall–Kier alpha value is -1.90. The van der Waals surface area contributed by atoms with E-state index in [-0.39, 0.29) is 5.91 Å². The van der Waals surface area contributed by atoms with Gasteiger partial charge < -0.3 is 0 Å². The Labute approximate surface area is 127 Å². The lowest BCUT2D eigenvalue weighted by atomic mass is 10.0. The van der Waals surface area contributed by atoms with E-state index in [9.17, 15) is 4.79 Å². The van der Waals surface area contributed by atoms with Crippen molar-refractivity contribution in [1.29, 1.82) is 0 Å². The largest absolute Gasteiger partial charge is 0.273 e. The quantitative estimate of drug-likeness (QED) is 0.832. The summed E-state index contributed by atoms with van der Waals surface area (Å²) in [7, 11) is 0. The molecule has 0 saturated heterocycles. The van der Waals surface area contributed by atoms with E-state index in [1.165, 1.54) is 11.1 Å². The predicted molar refractivity (Wildman–Crippen MR) is 85.6 cm³/mol. The standard InChI is InChI=1S/C18H24N2O/c1-13(2)12-17-14(3)19-20(15(17)4)18(21)11-10-16-8-6-5-7-9-16/h5-9,13H,10-12H2,1-4H3. The molecule has 0 spiro atoms. The first-order valence-electron chi connectivity index (χ1n) is 7.61. The summed E-state index contributed by atoms with van der Waals surface area (Å²) in [5.74, 6) is 0.647. The molecule has 0 unspecified atom stereocenters. The van der Waals surface area contributed by atoms with Crippen molar-refractivity contribution in [3.8, 4) is 0 Å². The molecule has 0 atom stereocenters. The van der Waals surface area contributed by atoms with Crippen molar-refractivity contribution in [1.82, 2.24) is 9.78 Å². The Morgan fingerprint density at radius 3 is 2.48 bits per heavy atom. The molecule has 1 heterocycles. The Balaban J connectivity index is 2.09. The van der Waals surface area contributed by atoms with Crippen LogP contribution in [0.2, 0.25) is 0 Å². The zero-order valence-electron chi connectivity index (χ0n) is 13.4. The minimum atomic E-state index is 0.0782. The molecule has 0 aliphatic carbocycles. The third kappa shape index (κ3) is 3.81. The third-order valence-corrected chi connectivity index (χ3v) is 3.76. The number of hydrogen-bond donors (Lipinski definition) is 0. The number of nitrogens with zero attached hydrogens (tertiary/aromatic N) is 2. The highest BCUT2D eigenvalue weighted by molar-refractivity contribution is 5.79. The van der Waals surface area contributed by atoms with Crippen molar-refractivity contribution in [2.75, 3.05) is 0 Å². The van der Waals surface area contributed by atoms with Gasteiger partial charge in [0.1, 0.15) is 0 Å². The zero-order chi connectivity index (χ0) is 15.4. The third-order valence-electron chi connectivity index (χ3n) is 3.76. The molecule has 0 N–H and O–H groups in total. The first-order chi connectivity index (χ1) is 9.99. The number of benzene rings is 1. The maximum atomic E-state index is 12.4. The SMILES string of the molecule is Cc1nn(C(=O)CCc2ccccc2)c(C)c1CC(C)C. The number of rotatable bonds is 5. The molecule has 21 heavy (non-hydrogen) atoms. The summed E-state index contributed by atoms with van der Waals surface area (Å²) in [6, 6.07) is 10.1. The van der Waals surface area contributed by atoms with E-state index in [4.69, 9.17) is 0 Å². The highest BCUT2D eigenvalue weighted by Crippen LogP contribution is 2.18. The number of carbonyl (C=O) groups is 1. The van der Waals surface area contributed by atoms with E-state index in [1.807, 2.05) is 32.0 Å². The topological polar surface area (TPSA) is 34.9 Å². The first kappa shape index (κ1) is 15.5. The van der Waals surface area contributed by atoms with Gasteiger partial charge in [0, 0.05) is 12.1 Å². The Kier molecular flexibility index (Phi) is 4.94. The van der Waals surface area contributed by atoms with Crippen molar-refractivity contribution < 1.29 is 4.79 Å². The Morgan fingerprint density at radius 1 is 1.19 bits per heavy atom. The average Bonchev–Trinajstić information content (AvgIpc) is 2.73. The molecule has 2 rings (SSSR count). The molecule has 1 aromatic carbocycles. The van der Waals surface area contributed by atoms with Gasteiger partial charge >= 0.3 is 0 Å². The van der Waals surface area contributed by atoms with Gasteiger partial charge in [0.05, 0.1) is 5.69 Å². The lowest BCUT2D eigenvalue weighted by Gasteiger charge is -2.06. The summed E-state index contributed by atoms with van der Waals surface area (Å²) in [5.41, 5.74) is 4.39. The van der Waals surface area contributed by atoms with Gasteiger partial charge in [-0.1, -0.05) is 44.2 Å². The normalized spacial score (nSPS) is 11.1. The summed E-state index contributed by atoms with van der Waals surface area (Å²) in [6.07, 6.45) is 2.23. The first-order valence-corrected chi connectivity index (χ1v) is 7.61. The van der Waals surface area contributed by atoms with Gasteiger partial charge in [0.25, 0.3) is 0 Å². The van der Waals surface area contributed by atoms with Crippen LogP contribution in [0.5, 0.6) is 0 Å². The Morgan fingerprint density at radius 2 is 1.86 bits per heavy atom. The molecule has 0 aliphatic rings. The van der Waals surface area contributed by atoms with E-state index < -0.39 is 0 Å². The fourth-order valence-corrected chi connectivity index (χ4v) is 2.62. The highest BCUT2D eigenvalue weighted by Gasteiger charge is 2.17. The van der Waals surface area contributed by atoms with E-state index in [1.54, 1.807) is 4.68 Å². The summed E-state index contributed by atoms with van der Waals surface area (Å²) in [5, 5.41) is 4.44. The average molecular weight is 284 g/mol. The minimum absolute atomic E-state index is 0.0782. The van der Waals surface area contributed by atoms with Crippen LogP contribution in [0.3, 0.4) is 0 Å². The Bertz CT molecular complexity index is 612. The molecule has 0 amide bonds. The molecule has 0 saturated carbocycles. The van der Waals surface area contributed by atoms with Crippen molar-refractivity contribution in [3.05, 3.63) is 52.8 Å². The molecule has 2 aromatic rings. The van der Waals surface area contributed by atoms with Gasteiger partial charge in [0.15, 0.2) is 0 Å². The summed E-state index contributed by atoms with van der Waals surface area (Å²) < 4.78 is 1.59. The van der Waals surface area contributed by atoms with Gasteiger partial charge in [0.2, 0.25) is 5.91 Å². The zero-order valence-corrected chi connectivity index (χ0v) is 13.4. The van der Waals surface area contributed by atoms with E-state index >= 15 is 0 Å². The van der Waals surface area contributed by atoms with Gasteiger partial charge in [-0.05, 0) is 43.7 Å². The van der Waals surface area contributed by atoms with E-state index in [0.717, 1.165) is 24.2 Å². The molecule has 112 valence electrons. The predicted octanol–water partition coefficient (Wildman–Crippen LogP) is 3.97. The van der Waals surface area contributed by atoms with Gasteiger partial charge in [-0.15, -0.1) is 0 Å². The second-order valence-corrected chi connectivity index (χ2v) is 6.04. The molecule has 0 bridgehead atoms. The fraction of sp³-hybridized carbons (Fsp3) is 0.444. The maximum absolute atomic E-state index is 12.4. The second-order valence-electron chi connectivity index (χ2n) is 6.04. The lowest BCUT2D eigenvalue weighted by Crippen LogP contribution is -2.15. The van der Waals surface area contributed by atoms with E-state index in [0.29, 0.717) is 12.3 Å². The minimum Gasteiger partial charge on any atom is -0.273 e. The van der Waals surface area contributed by atoms with Gasteiger partial charge in [-0.2, -0.15) is 5.10 Å². The van der Waals surface area contributed by atoms with Crippen LogP contribution in [-0.4, -0.2) is 15.7 Å². The molecule has 1 aromatic heterocycles. The van der Waals surface area contributed by atoms with Crippen LogP contribution in [0.1, 0.15) is 47.6 Å². The van der Waals surface area contributed by atoms with Crippen LogP contribution in [-0.2, 0) is 12.8 Å². The molecule has 0 aliphatic heterocycles. The van der Waals surface area contributed by atoms with Crippen molar-refractivity contribution in [2.24, 2.45) is 5.92 Å². The number of aromatic nitrogens is 2. The molecule has 3 heteroatoms. The maximum Gasteiger partial charge on any atom is 0.247 e. The smallest absolute Gasteiger partial charge is 0.247 e. The summed E-state index contributed by atoms with van der Waals surface area (Å²) >= 11 is 0. The van der Waals surface area contributed by atoms with Crippen LogP contribution in [0.4, 0.5) is 0 Å². The fourth-order valence-electron chi connectivity index (χ4n) is 2.62. The number of aryl methyl sites for hydroxylation is 2. The van der Waals surface area contributed by atoms with E-state index in [2.05, 4.69) is 31.1 Å². The van der Waals surface area contributed by atoms with Crippen LogP contribution < -0.4 is 0 Å². The van der Waals surface area contributed by atoms with Crippen molar-refractivity contribution >= 4 is 5.91 Å². The molecule has 0 radical (unpaired) electrons. The molecule has 0 fully saturated rings. The molecular weight excluding hydrogens is 260 g/mol. The van der Waals surface area contributed by atoms with Crippen LogP contribution in [0.15, 0.2) is 30.3 Å². The van der Waals surface area contributed by atoms with Crippen molar-refractivity contribution in [3.63, 3.8) is 0 Å². The van der Waals surface area contributed by atoms with Gasteiger partial charge in [-0.25, -0.2) is 4.68 Å². The molecule has 3 nitrogen and oxygen atoms in total. The highest BCUT2D eigenvalue weighted by atomic mass is 16.2. The number of carbonyl (C=O) groups excluding carboxylic acids is 1. The second kappa shape index (κ2) is 6.70. The van der Waals surface area contributed by atoms with Crippen LogP contribution in [0.25, 0.3) is 0 Å². The molecular formula is C18H24N2O. The lowest BCUT2D eigenvalue weighted by molar-refractivity contribution is 0.0884. The summed E-state index contributed by atoms with van der Waals surface area (Å²) in [4.78, 5) is 12.4. The monoisotopic (exact) mass is 284 g/mol. The number of hydrogen-bond acceptors (Lipinski definition) is 2. The van der Waals surface area contributed by atoms with Crippen LogP contribution >= 0.6 is 0 Å². The summed E-state index contributed by atoms with van der Waals surface area (Å²) in [6.45, 7) is 8.37. The van der Waals surface area contributed by atoms with Crippen molar-refractivity contribution in [2.45, 2.75) is 47.0 Å². The van der Waals surface area contributed by atoms with Gasteiger partial charge in [-0.3, -0.25) is 4.79 Å². The van der Waals surface area contributed by atoms with Crippen LogP contribution in [0, 0.1) is 19.8 Å².